The Hall–Kier alpha value is -2.26. The standard InChI is InChI=1S/C30H44O4Si/c1-8-9-11-16-27(34-35(6,7)30(2,3)4)22-26(31)19-17-24-18-20-28(29(21-24)32-5)33-23-25-14-12-10-13-15-25/h10,12-15,18,20-21,26-27,31H,8-9,11,16,22-23H2,1-7H3/t26?,27-/m0/s1. The van der Waals surface area contributed by atoms with E-state index in [1.807, 2.05) is 48.5 Å². The molecule has 0 spiro atoms. The number of hydrogen-bond acceptors (Lipinski definition) is 4. The monoisotopic (exact) mass is 496 g/mol. The van der Waals surface area contributed by atoms with Crippen LogP contribution in [0.3, 0.4) is 0 Å². The van der Waals surface area contributed by atoms with Crippen LogP contribution < -0.4 is 9.47 Å². The van der Waals surface area contributed by atoms with Crippen LogP contribution in [0.1, 0.15) is 70.9 Å². The first-order chi connectivity index (χ1) is 16.6. The Labute approximate surface area is 214 Å². The minimum Gasteiger partial charge on any atom is -0.493 e. The Morgan fingerprint density at radius 3 is 2.34 bits per heavy atom. The van der Waals surface area contributed by atoms with E-state index in [0.29, 0.717) is 24.5 Å². The van der Waals surface area contributed by atoms with Crippen molar-refractivity contribution in [2.45, 2.75) is 96.7 Å². The van der Waals surface area contributed by atoms with E-state index in [0.717, 1.165) is 24.0 Å². The zero-order valence-corrected chi connectivity index (χ0v) is 23.7. The van der Waals surface area contributed by atoms with E-state index < -0.39 is 14.4 Å². The fraction of sp³-hybridized carbons (Fsp3) is 0.533. The summed E-state index contributed by atoms with van der Waals surface area (Å²) in [4.78, 5) is 0. The van der Waals surface area contributed by atoms with Crippen molar-refractivity contribution < 1.29 is 19.0 Å². The van der Waals surface area contributed by atoms with Crippen molar-refractivity contribution in [2.24, 2.45) is 0 Å². The van der Waals surface area contributed by atoms with Crippen LogP contribution in [0.15, 0.2) is 48.5 Å². The van der Waals surface area contributed by atoms with E-state index in [1.54, 1.807) is 7.11 Å². The molecule has 4 nitrogen and oxygen atoms in total. The third kappa shape index (κ3) is 9.72. The first-order valence-corrected chi connectivity index (χ1v) is 15.7. The summed E-state index contributed by atoms with van der Waals surface area (Å²) in [6.45, 7) is 14.0. The molecule has 0 aliphatic rings. The Balaban J connectivity index is 2.06. The van der Waals surface area contributed by atoms with E-state index in [-0.39, 0.29) is 11.1 Å². The van der Waals surface area contributed by atoms with Gasteiger partial charge in [0.2, 0.25) is 0 Å². The molecule has 0 radical (unpaired) electrons. The molecule has 0 heterocycles. The number of aliphatic hydroxyl groups excluding tert-OH is 1. The van der Waals surface area contributed by atoms with Gasteiger partial charge in [0.1, 0.15) is 12.7 Å². The largest absolute Gasteiger partial charge is 0.493 e. The molecule has 2 rings (SSSR count). The average molecular weight is 497 g/mol. The normalized spacial score (nSPS) is 13.5. The van der Waals surface area contributed by atoms with Crippen molar-refractivity contribution in [1.29, 1.82) is 0 Å². The van der Waals surface area contributed by atoms with E-state index in [2.05, 4.69) is 52.6 Å². The lowest BCUT2D eigenvalue weighted by atomic mass is 10.0. The molecule has 0 saturated carbocycles. The average Bonchev–Trinajstić information content (AvgIpc) is 2.81. The first-order valence-electron chi connectivity index (χ1n) is 12.8. The Morgan fingerprint density at radius 1 is 1.00 bits per heavy atom. The maximum atomic E-state index is 10.7. The summed E-state index contributed by atoms with van der Waals surface area (Å²) in [5, 5.41) is 10.9. The van der Waals surface area contributed by atoms with Gasteiger partial charge < -0.3 is 19.0 Å². The molecule has 0 fully saturated rings. The second-order valence-corrected chi connectivity index (χ2v) is 15.4. The molecule has 0 aliphatic heterocycles. The zero-order valence-electron chi connectivity index (χ0n) is 22.7. The van der Waals surface area contributed by atoms with Crippen molar-refractivity contribution in [2.75, 3.05) is 7.11 Å². The predicted octanol–water partition coefficient (Wildman–Crippen LogP) is 7.35. The number of unbranched alkanes of at least 4 members (excludes halogenated alkanes) is 2. The van der Waals surface area contributed by atoms with Crippen LogP contribution in [0.25, 0.3) is 0 Å². The van der Waals surface area contributed by atoms with Crippen LogP contribution in [0.5, 0.6) is 11.5 Å². The van der Waals surface area contributed by atoms with Crippen molar-refractivity contribution in [3.63, 3.8) is 0 Å². The molecule has 0 bridgehead atoms. The van der Waals surface area contributed by atoms with Gasteiger partial charge in [0.05, 0.1) is 7.11 Å². The number of ether oxygens (including phenoxy) is 2. The molecule has 2 atom stereocenters. The lowest BCUT2D eigenvalue weighted by Gasteiger charge is -2.39. The van der Waals surface area contributed by atoms with Crippen molar-refractivity contribution >= 4 is 8.32 Å². The Bertz CT molecular complexity index is 954. The molecule has 0 amide bonds. The van der Waals surface area contributed by atoms with Crippen LogP contribution in [-0.2, 0) is 11.0 Å². The molecule has 2 aromatic rings. The SMILES string of the molecule is CCCCC[C@@H](CC(O)C#Cc1ccc(OCc2ccccc2)c(OC)c1)O[Si](C)(C)C(C)(C)C. The highest BCUT2D eigenvalue weighted by Crippen LogP contribution is 2.38. The summed E-state index contributed by atoms with van der Waals surface area (Å²) in [5.41, 5.74) is 1.87. The molecular formula is C30H44O4Si. The molecule has 0 aliphatic carbocycles. The van der Waals surface area contributed by atoms with Gasteiger partial charge in [0.25, 0.3) is 0 Å². The third-order valence-corrected chi connectivity index (χ3v) is 11.2. The number of benzene rings is 2. The minimum atomic E-state index is -1.92. The topological polar surface area (TPSA) is 47.9 Å². The summed E-state index contributed by atoms with van der Waals surface area (Å²) in [6, 6.07) is 15.6. The van der Waals surface area contributed by atoms with Gasteiger partial charge in [0.15, 0.2) is 19.8 Å². The Kier molecular flexibility index (Phi) is 11.4. The molecular weight excluding hydrogens is 452 g/mol. The zero-order chi connectivity index (χ0) is 25.9. The Morgan fingerprint density at radius 2 is 1.71 bits per heavy atom. The quantitative estimate of drug-likeness (QED) is 0.190. The van der Waals surface area contributed by atoms with E-state index in [9.17, 15) is 5.11 Å². The van der Waals surface area contributed by atoms with Crippen LogP contribution in [-0.4, -0.2) is 32.7 Å². The number of rotatable bonds is 12. The number of hydrogen-bond donors (Lipinski definition) is 1. The first kappa shape index (κ1) is 29.0. The van der Waals surface area contributed by atoms with Crippen LogP contribution in [0.2, 0.25) is 18.1 Å². The van der Waals surface area contributed by atoms with Crippen LogP contribution in [0, 0.1) is 11.8 Å². The summed E-state index contributed by atoms with van der Waals surface area (Å²) < 4.78 is 18.1. The van der Waals surface area contributed by atoms with Crippen LogP contribution in [0.4, 0.5) is 0 Å². The van der Waals surface area contributed by atoms with Gasteiger partial charge in [-0.3, -0.25) is 0 Å². The van der Waals surface area contributed by atoms with E-state index >= 15 is 0 Å². The second-order valence-electron chi connectivity index (χ2n) is 10.7. The number of aliphatic hydroxyl groups is 1. The fourth-order valence-corrected chi connectivity index (χ4v) is 4.92. The minimum absolute atomic E-state index is 0.0232. The lowest BCUT2D eigenvalue weighted by molar-refractivity contribution is 0.106. The van der Waals surface area contributed by atoms with E-state index in [1.165, 1.54) is 12.8 Å². The third-order valence-electron chi connectivity index (χ3n) is 6.67. The van der Waals surface area contributed by atoms with Gasteiger partial charge in [-0.05, 0) is 48.3 Å². The molecule has 1 N–H and O–H groups in total. The lowest BCUT2D eigenvalue weighted by Crippen LogP contribution is -2.44. The van der Waals surface area contributed by atoms with Crippen molar-refractivity contribution in [3.05, 3.63) is 59.7 Å². The highest BCUT2D eigenvalue weighted by molar-refractivity contribution is 6.74. The number of methoxy groups -OCH3 is 1. The van der Waals surface area contributed by atoms with Crippen LogP contribution >= 0.6 is 0 Å². The summed E-state index contributed by atoms with van der Waals surface area (Å²) in [5.74, 6) is 7.42. The van der Waals surface area contributed by atoms with Crippen molar-refractivity contribution in [1.82, 2.24) is 0 Å². The van der Waals surface area contributed by atoms with Gasteiger partial charge in [-0.1, -0.05) is 89.1 Å². The molecule has 5 heteroatoms. The second kappa shape index (κ2) is 13.7. The highest BCUT2D eigenvalue weighted by atomic mass is 28.4. The summed E-state index contributed by atoms with van der Waals surface area (Å²) in [7, 11) is -0.302. The fourth-order valence-electron chi connectivity index (χ4n) is 3.51. The molecule has 1 unspecified atom stereocenters. The summed E-state index contributed by atoms with van der Waals surface area (Å²) >= 11 is 0. The van der Waals surface area contributed by atoms with E-state index in [4.69, 9.17) is 13.9 Å². The van der Waals surface area contributed by atoms with Gasteiger partial charge in [0, 0.05) is 18.1 Å². The molecule has 0 saturated heterocycles. The predicted molar refractivity (Wildman–Crippen MR) is 147 cm³/mol. The maximum Gasteiger partial charge on any atom is 0.192 e. The molecule has 35 heavy (non-hydrogen) atoms. The molecule has 192 valence electrons. The summed E-state index contributed by atoms with van der Waals surface area (Å²) in [6.07, 6.45) is 4.22. The van der Waals surface area contributed by atoms with Gasteiger partial charge in [-0.15, -0.1) is 0 Å². The molecule has 0 aromatic heterocycles. The maximum absolute atomic E-state index is 10.7. The smallest absolute Gasteiger partial charge is 0.192 e. The highest BCUT2D eigenvalue weighted by Gasteiger charge is 2.39. The molecule has 2 aromatic carbocycles. The van der Waals surface area contributed by atoms with Gasteiger partial charge in [-0.25, -0.2) is 0 Å². The van der Waals surface area contributed by atoms with Gasteiger partial charge >= 0.3 is 0 Å². The van der Waals surface area contributed by atoms with Gasteiger partial charge in [-0.2, -0.15) is 0 Å². The van der Waals surface area contributed by atoms with Crippen molar-refractivity contribution in [3.8, 4) is 23.3 Å².